The molecule has 0 spiro atoms. The number of hydrogen-bond donors (Lipinski definition) is 2. The lowest BCUT2D eigenvalue weighted by atomic mass is 9.74. The summed E-state index contributed by atoms with van der Waals surface area (Å²) in [5.74, 6) is -0.917. The predicted molar refractivity (Wildman–Crippen MR) is 158 cm³/mol. The van der Waals surface area contributed by atoms with E-state index in [2.05, 4.69) is 29.6 Å². The van der Waals surface area contributed by atoms with Crippen LogP contribution in [0.4, 0.5) is 10.5 Å². The molecule has 1 saturated heterocycles. The third-order valence-electron chi connectivity index (χ3n) is 8.14. The lowest BCUT2D eigenvalue weighted by Crippen LogP contribution is -2.48. The normalized spacial score (nSPS) is 19.7. The van der Waals surface area contributed by atoms with Gasteiger partial charge in [-0.1, -0.05) is 85.6 Å². The first kappa shape index (κ1) is 28.4. The van der Waals surface area contributed by atoms with Crippen LogP contribution in [0.5, 0.6) is 0 Å². The minimum Gasteiger partial charge on any atom is -0.378 e. The summed E-state index contributed by atoms with van der Waals surface area (Å²) in [4.78, 5) is 42.8. The Bertz CT molecular complexity index is 1310. The first-order chi connectivity index (χ1) is 20.0. The number of carbonyl (C=O) groups is 3. The SMILES string of the molecule is NC(=O)[C@@H](NC(=O)[C@@H]1CCCC[C@H]1c1ccc(CN(C(=O)N2CCOCC2)c2ccccc2)cc1)c1ccccc1. The third kappa shape index (κ3) is 6.95. The standard InChI is InChI=1S/C33H38N4O4/c34-31(38)30(26-9-3-1-4-10-26)35-32(39)29-14-8-7-13-28(29)25-17-15-24(16-18-25)23-37(27-11-5-2-6-12-27)33(40)36-19-21-41-22-20-36/h1-6,9-12,15-18,28-30H,7-8,13-14,19-23H2,(H2,34,38)(H,35,39)/t28-,29+,30-/m0/s1. The van der Waals surface area contributed by atoms with Crippen LogP contribution in [0.3, 0.4) is 0 Å². The van der Waals surface area contributed by atoms with Crippen LogP contribution in [-0.4, -0.2) is 49.0 Å². The van der Waals surface area contributed by atoms with E-state index >= 15 is 0 Å². The van der Waals surface area contributed by atoms with Crippen LogP contribution >= 0.6 is 0 Å². The summed E-state index contributed by atoms with van der Waals surface area (Å²) in [5, 5.41) is 2.93. The molecular weight excluding hydrogens is 516 g/mol. The average molecular weight is 555 g/mol. The van der Waals surface area contributed by atoms with Gasteiger partial charge in [0.15, 0.2) is 0 Å². The molecule has 3 aromatic carbocycles. The fourth-order valence-corrected chi connectivity index (χ4v) is 5.91. The molecule has 1 aliphatic carbocycles. The van der Waals surface area contributed by atoms with Crippen molar-refractivity contribution in [1.29, 1.82) is 0 Å². The van der Waals surface area contributed by atoms with Crippen molar-refractivity contribution in [3.63, 3.8) is 0 Å². The van der Waals surface area contributed by atoms with Gasteiger partial charge in [-0.05, 0) is 47.6 Å². The average Bonchev–Trinajstić information content (AvgIpc) is 3.03. The molecule has 5 rings (SSSR count). The quantitative estimate of drug-likeness (QED) is 0.419. The lowest BCUT2D eigenvalue weighted by molar-refractivity contribution is -0.131. The van der Waals surface area contributed by atoms with Crippen LogP contribution in [0, 0.1) is 5.92 Å². The molecule has 3 aromatic rings. The molecule has 0 radical (unpaired) electrons. The van der Waals surface area contributed by atoms with Crippen molar-refractivity contribution in [2.24, 2.45) is 11.7 Å². The summed E-state index contributed by atoms with van der Waals surface area (Å²) in [6.07, 6.45) is 3.67. The van der Waals surface area contributed by atoms with Crippen LogP contribution in [-0.2, 0) is 20.9 Å². The van der Waals surface area contributed by atoms with E-state index in [9.17, 15) is 14.4 Å². The first-order valence-electron chi connectivity index (χ1n) is 14.4. The number of carbonyl (C=O) groups excluding carboxylic acids is 3. The number of ether oxygens (including phenoxy) is 1. The molecule has 8 heteroatoms. The number of primary amides is 1. The minimum absolute atomic E-state index is 0.0324. The maximum Gasteiger partial charge on any atom is 0.324 e. The fourth-order valence-electron chi connectivity index (χ4n) is 5.91. The van der Waals surface area contributed by atoms with Gasteiger partial charge in [-0.15, -0.1) is 0 Å². The van der Waals surface area contributed by atoms with Crippen molar-refractivity contribution in [3.8, 4) is 0 Å². The molecule has 214 valence electrons. The van der Waals surface area contributed by atoms with Gasteiger partial charge in [0, 0.05) is 24.7 Å². The van der Waals surface area contributed by atoms with Crippen molar-refractivity contribution in [2.75, 3.05) is 31.2 Å². The molecule has 1 heterocycles. The highest BCUT2D eigenvalue weighted by molar-refractivity contribution is 5.92. The van der Waals surface area contributed by atoms with Crippen LogP contribution < -0.4 is 16.0 Å². The van der Waals surface area contributed by atoms with Crippen molar-refractivity contribution in [2.45, 2.75) is 44.2 Å². The highest BCUT2D eigenvalue weighted by Gasteiger charge is 2.34. The molecule has 2 aliphatic rings. The van der Waals surface area contributed by atoms with E-state index in [-0.39, 0.29) is 23.8 Å². The van der Waals surface area contributed by atoms with E-state index in [0.717, 1.165) is 42.5 Å². The summed E-state index contributed by atoms with van der Waals surface area (Å²) in [6, 6.07) is 26.2. The molecule has 1 saturated carbocycles. The van der Waals surface area contributed by atoms with Crippen LogP contribution in [0.1, 0.15) is 54.3 Å². The second-order valence-corrected chi connectivity index (χ2v) is 10.8. The van der Waals surface area contributed by atoms with E-state index in [1.54, 1.807) is 12.1 Å². The number of urea groups is 1. The molecule has 0 unspecified atom stereocenters. The Hall–Kier alpha value is -4.17. The zero-order valence-electron chi connectivity index (χ0n) is 23.3. The van der Waals surface area contributed by atoms with Gasteiger partial charge < -0.3 is 20.7 Å². The van der Waals surface area contributed by atoms with Gasteiger partial charge in [0.05, 0.1) is 19.8 Å². The molecule has 3 N–H and O–H groups in total. The Kier molecular flexibility index (Phi) is 9.31. The van der Waals surface area contributed by atoms with E-state index in [1.807, 2.05) is 58.3 Å². The van der Waals surface area contributed by atoms with Gasteiger partial charge in [-0.3, -0.25) is 14.5 Å². The Balaban J connectivity index is 1.31. The molecule has 4 amide bonds. The largest absolute Gasteiger partial charge is 0.378 e. The minimum atomic E-state index is -0.860. The molecule has 41 heavy (non-hydrogen) atoms. The van der Waals surface area contributed by atoms with E-state index in [1.165, 1.54) is 0 Å². The Morgan fingerprint density at radius 3 is 2.17 bits per heavy atom. The summed E-state index contributed by atoms with van der Waals surface area (Å²) < 4.78 is 5.44. The lowest BCUT2D eigenvalue weighted by Gasteiger charge is -2.33. The van der Waals surface area contributed by atoms with Crippen LogP contribution in [0.25, 0.3) is 0 Å². The zero-order chi connectivity index (χ0) is 28.6. The van der Waals surface area contributed by atoms with E-state index < -0.39 is 11.9 Å². The van der Waals surface area contributed by atoms with Gasteiger partial charge in [0.2, 0.25) is 11.8 Å². The van der Waals surface area contributed by atoms with Gasteiger partial charge in [-0.25, -0.2) is 4.79 Å². The Morgan fingerprint density at radius 1 is 0.878 bits per heavy atom. The molecule has 2 fully saturated rings. The number of nitrogens with zero attached hydrogens (tertiary/aromatic N) is 2. The molecule has 1 aliphatic heterocycles. The first-order valence-corrected chi connectivity index (χ1v) is 14.4. The molecular formula is C33H38N4O4. The Labute approximate surface area is 241 Å². The van der Waals surface area contributed by atoms with Crippen molar-refractivity contribution in [1.82, 2.24) is 10.2 Å². The van der Waals surface area contributed by atoms with Crippen molar-refractivity contribution >= 4 is 23.5 Å². The van der Waals surface area contributed by atoms with Gasteiger partial charge >= 0.3 is 6.03 Å². The van der Waals surface area contributed by atoms with E-state index in [0.29, 0.717) is 38.4 Å². The summed E-state index contributed by atoms with van der Waals surface area (Å²) in [7, 11) is 0. The zero-order valence-corrected chi connectivity index (χ0v) is 23.3. The smallest absolute Gasteiger partial charge is 0.324 e. The van der Waals surface area contributed by atoms with Crippen molar-refractivity contribution in [3.05, 3.63) is 102 Å². The predicted octanol–water partition coefficient (Wildman–Crippen LogP) is 4.76. The highest BCUT2D eigenvalue weighted by atomic mass is 16.5. The number of nitrogens with one attached hydrogen (secondary N) is 1. The van der Waals surface area contributed by atoms with Crippen LogP contribution in [0.15, 0.2) is 84.9 Å². The van der Waals surface area contributed by atoms with Gasteiger partial charge in [0.1, 0.15) is 6.04 Å². The summed E-state index contributed by atoms with van der Waals surface area (Å²) in [6.45, 7) is 2.68. The number of rotatable bonds is 8. The number of benzene rings is 3. The number of anilines is 1. The maximum absolute atomic E-state index is 13.5. The number of amides is 4. The highest BCUT2D eigenvalue weighted by Crippen LogP contribution is 2.38. The Morgan fingerprint density at radius 2 is 1.51 bits per heavy atom. The monoisotopic (exact) mass is 554 g/mol. The molecule has 3 atom stereocenters. The fraction of sp³-hybridized carbons (Fsp3) is 0.364. The number of morpholine rings is 1. The summed E-state index contributed by atoms with van der Waals surface area (Å²) in [5.41, 5.74) is 9.30. The molecule has 0 aromatic heterocycles. The number of hydrogen-bond acceptors (Lipinski definition) is 4. The topological polar surface area (TPSA) is 105 Å². The third-order valence-corrected chi connectivity index (χ3v) is 8.14. The maximum atomic E-state index is 13.5. The van der Waals surface area contributed by atoms with E-state index in [4.69, 9.17) is 10.5 Å². The van der Waals surface area contributed by atoms with Gasteiger partial charge in [0.25, 0.3) is 0 Å². The van der Waals surface area contributed by atoms with Crippen molar-refractivity contribution < 1.29 is 19.1 Å². The number of para-hydroxylation sites is 1. The molecule has 0 bridgehead atoms. The van der Waals surface area contributed by atoms with Crippen LogP contribution in [0.2, 0.25) is 0 Å². The number of nitrogens with two attached hydrogens (primary N) is 1. The molecule has 8 nitrogen and oxygen atoms in total. The van der Waals surface area contributed by atoms with Gasteiger partial charge in [-0.2, -0.15) is 0 Å². The second kappa shape index (κ2) is 13.5. The summed E-state index contributed by atoms with van der Waals surface area (Å²) >= 11 is 0. The second-order valence-electron chi connectivity index (χ2n) is 10.8.